The number of benzene rings is 1. The highest BCUT2D eigenvalue weighted by molar-refractivity contribution is 6.00. The van der Waals surface area contributed by atoms with Gasteiger partial charge < -0.3 is 20.5 Å². The van der Waals surface area contributed by atoms with E-state index in [-0.39, 0.29) is 17.9 Å². The van der Waals surface area contributed by atoms with Crippen LogP contribution in [0.4, 0.5) is 11.6 Å². The average molecular weight is 381 g/mol. The number of aryl methyl sites for hydroxylation is 1. The minimum Gasteiger partial charge on any atom is -0.398 e. The van der Waals surface area contributed by atoms with Gasteiger partial charge in [-0.05, 0) is 19.1 Å². The Morgan fingerprint density at radius 2 is 2.00 bits per heavy atom. The van der Waals surface area contributed by atoms with Gasteiger partial charge in [0.2, 0.25) is 5.95 Å². The molecule has 146 valence electrons. The molecular weight excluding hydrogens is 358 g/mol. The second kappa shape index (κ2) is 7.43. The van der Waals surface area contributed by atoms with E-state index in [0.29, 0.717) is 28.8 Å². The number of fused-ring (bicyclic) bond motifs is 1. The molecule has 1 saturated heterocycles. The van der Waals surface area contributed by atoms with Crippen molar-refractivity contribution in [3.05, 3.63) is 46.4 Å². The lowest BCUT2D eigenvalue weighted by Gasteiger charge is -2.28. The number of nitrogens with two attached hydrogens (primary N) is 1. The molecular formula is C19H23N7O2. The average Bonchev–Trinajstić information content (AvgIpc) is 3.10. The van der Waals surface area contributed by atoms with E-state index in [1.54, 1.807) is 30.5 Å². The highest BCUT2D eigenvalue weighted by atomic mass is 16.1. The van der Waals surface area contributed by atoms with Gasteiger partial charge in [-0.3, -0.25) is 9.59 Å². The molecule has 1 fully saturated rings. The molecule has 0 atom stereocenters. The van der Waals surface area contributed by atoms with E-state index in [1.807, 2.05) is 11.5 Å². The highest BCUT2D eigenvalue weighted by Gasteiger charge is 2.22. The SMILES string of the molecule is CCn1c(N2CCNCC2)nc2cnn(CC(=O)c3ccccc3N)c(=O)c21. The van der Waals surface area contributed by atoms with Crippen molar-refractivity contribution in [1.82, 2.24) is 24.6 Å². The quantitative estimate of drug-likeness (QED) is 0.489. The summed E-state index contributed by atoms with van der Waals surface area (Å²) in [5, 5.41) is 7.48. The number of ketones is 1. The van der Waals surface area contributed by atoms with E-state index < -0.39 is 0 Å². The first-order valence-electron chi connectivity index (χ1n) is 9.40. The van der Waals surface area contributed by atoms with E-state index in [0.717, 1.165) is 32.1 Å². The first-order chi connectivity index (χ1) is 13.6. The standard InChI is InChI=1S/C19H23N7O2/c1-2-25-17-15(23-19(25)24-9-7-21-8-10-24)11-22-26(18(17)28)12-16(27)13-5-3-4-6-14(13)20/h3-6,11,21H,2,7-10,12,20H2,1H3. The minimum atomic E-state index is -0.323. The molecule has 9 nitrogen and oxygen atoms in total. The summed E-state index contributed by atoms with van der Waals surface area (Å²) >= 11 is 0. The molecule has 9 heteroatoms. The van der Waals surface area contributed by atoms with Crippen LogP contribution in [0, 0.1) is 0 Å². The number of aromatic nitrogens is 4. The number of nitrogens with one attached hydrogen (secondary N) is 1. The van der Waals surface area contributed by atoms with Gasteiger partial charge in [0.15, 0.2) is 5.78 Å². The lowest BCUT2D eigenvalue weighted by molar-refractivity contribution is 0.0967. The fourth-order valence-electron chi connectivity index (χ4n) is 3.56. The second-order valence-electron chi connectivity index (χ2n) is 6.74. The van der Waals surface area contributed by atoms with Crippen molar-refractivity contribution in [2.45, 2.75) is 20.0 Å². The topological polar surface area (TPSA) is 111 Å². The lowest BCUT2D eigenvalue weighted by atomic mass is 10.1. The van der Waals surface area contributed by atoms with Crippen LogP contribution in [0.5, 0.6) is 0 Å². The Balaban J connectivity index is 1.73. The number of hydrogen-bond donors (Lipinski definition) is 2. The maximum Gasteiger partial charge on any atom is 0.293 e. The zero-order chi connectivity index (χ0) is 19.7. The Bertz CT molecular complexity index is 1080. The second-order valence-corrected chi connectivity index (χ2v) is 6.74. The molecule has 3 N–H and O–H groups in total. The number of imidazole rings is 1. The third-order valence-electron chi connectivity index (χ3n) is 5.00. The summed E-state index contributed by atoms with van der Waals surface area (Å²) in [5.41, 5.74) is 7.36. The van der Waals surface area contributed by atoms with Crippen LogP contribution in [-0.4, -0.2) is 51.3 Å². The van der Waals surface area contributed by atoms with E-state index in [1.165, 1.54) is 4.68 Å². The number of piperazine rings is 1. The molecule has 0 aliphatic carbocycles. The molecule has 4 rings (SSSR count). The molecule has 1 aliphatic rings. The van der Waals surface area contributed by atoms with Gasteiger partial charge in [0.25, 0.3) is 5.56 Å². The Kier molecular flexibility index (Phi) is 4.82. The van der Waals surface area contributed by atoms with Crippen LogP contribution in [0.25, 0.3) is 11.0 Å². The third kappa shape index (κ3) is 3.13. The summed E-state index contributed by atoms with van der Waals surface area (Å²) in [6.45, 7) is 5.83. The lowest BCUT2D eigenvalue weighted by Crippen LogP contribution is -2.44. The number of anilines is 2. The summed E-state index contributed by atoms with van der Waals surface area (Å²) in [6.07, 6.45) is 1.55. The third-order valence-corrected chi connectivity index (χ3v) is 5.00. The highest BCUT2D eigenvalue weighted by Crippen LogP contribution is 2.20. The number of carbonyl (C=O) groups excluding carboxylic acids is 1. The van der Waals surface area contributed by atoms with Crippen LogP contribution in [0.3, 0.4) is 0 Å². The first kappa shape index (κ1) is 18.2. The number of rotatable bonds is 5. The van der Waals surface area contributed by atoms with Crippen LogP contribution in [-0.2, 0) is 13.1 Å². The van der Waals surface area contributed by atoms with Crippen molar-refractivity contribution < 1.29 is 4.79 Å². The van der Waals surface area contributed by atoms with Crippen LogP contribution >= 0.6 is 0 Å². The van der Waals surface area contributed by atoms with E-state index in [4.69, 9.17) is 5.73 Å². The van der Waals surface area contributed by atoms with Crippen molar-refractivity contribution in [2.75, 3.05) is 36.8 Å². The van der Waals surface area contributed by atoms with Crippen LogP contribution in [0.2, 0.25) is 0 Å². The summed E-state index contributed by atoms with van der Waals surface area (Å²) in [5.74, 6) is 0.520. The summed E-state index contributed by atoms with van der Waals surface area (Å²) < 4.78 is 3.09. The van der Waals surface area contributed by atoms with Gasteiger partial charge in [0, 0.05) is 44.0 Å². The van der Waals surface area contributed by atoms with Gasteiger partial charge in [0.1, 0.15) is 17.6 Å². The fourth-order valence-corrected chi connectivity index (χ4v) is 3.56. The largest absolute Gasteiger partial charge is 0.398 e. The van der Waals surface area contributed by atoms with E-state index in [2.05, 4.69) is 20.3 Å². The fraction of sp³-hybridized carbons (Fsp3) is 0.368. The molecule has 3 heterocycles. The van der Waals surface area contributed by atoms with E-state index in [9.17, 15) is 9.59 Å². The van der Waals surface area contributed by atoms with Gasteiger partial charge in [-0.25, -0.2) is 9.67 Å². The zero-order valence-corrected chi connectivity index (χ0v) is 15.8. The number of nitrogens with zero attached hydrogens (tertiary/aromatic N) is 5. The van der Waals surface area contributed by atoms with Crippen molar-refractivity contribution in [3.8, 4) is 0 Å². The molecule has 1 aliphatic heterocycles. The summed E-state index contributed by atoms with van der Waals surface area (Å²) in [7, 11) is 0. The zero-order valence-electron chi connectivity index (χ0n) is 15.8. The molecule has 28 heavy (non-hydrogen) atoms. The Morgan fingerprint density at radius 3 is 2.71 bits per heavy atom. The number of hydrogen-bond acceptors (Lipinski definition) is 7. The van der Waals surface area contributed by atoms with Gasteiger partial charge in [-0.15, -0.1) is 0 Å². The summed E-state index contributed by atoms with van der Waals surface area (Å²) in [6, 6.07) is 6.83. The van der Waals surface area contributed by atoms with Gasteiger partial charge >= 0.3 is 0 Å². The normalized spacial score (nSPS) is 14.5. The minimum absolute atomic E-state index is 0.166. The van der Waals surface area contributed by atoms with Crippen LogP contribution in [0.15, 0.2) is 35.3 Å². The predicted octanol–water partition coefficient (Wildman–Crippen LogP) is 0.488. The number of para-hydroxylation sites is 1. The van der Waals surface area contributed by atoms with Gasteiger partial charge in [-0.1, -0.05) is 12.1 Å². The van der Waals surface area contributed by atoms with Gasteiger partial charge in [0.05, 0.1) is 6.20 Å². The Labute approximate surface area is 161 Å². The molecule has 0 amide bonds. The molecule has 0 saturated carbocycles. The molecule has 0 radical (unpaired) electrons. The Morgan fingerprint density at radius 1 is 1.25 bits per heavy atom. The number of nitrogen functional groups attached to an aromatic ring is 1. The molecule has 3 aromatic rings. The smallest absolute Gasteiger partial charge is 0.293 e. The maximum atomic E-state index is 13.1. The van der Waals surface area contributed by atoms with E-state index >= 15 is 0 Å². The van der Waals surface area contributed by atoms with Crippen molar-refractivity contribution in [2.24, 2.45) is 0 Å². The Hall–Kier alpha value is -3.20. The van der Waals surface area contributed by atoms with Crippen LogP contribution in [0.1, 0.15) is 17.3 Å². The molecule has 0 bridgehead atoms. The number of Topliss-reactive ketones (excluding diaryl/α,β-unsaturated/α-hetero) is 1. The maximum absolute atomic E-state index is 13.1. The van der Waals surface area contributed by atoms with Crippen molar-refractivity contribution in [1.29, 1.82) is 0 Å². The first-order valence-corrected chi connectivity index (χ1v) is 9.40. The van der Waals surface area contributed by atoms with Crippen molar-refractivity contribution in [3.63, 3.8) is 0 Å². The predicted molar refractivity (Wildman–Crippen MR) is 108 cm³/mol. The monoisotopic (exact) mass is 381 g/mol. The molecule has 2 aromatic heterocycles. The molecule has 0 unspecified atom stereocenters. The molecule has 1 aromatic carbocycles. The number of carbonyl (C=O) groups is 1. The molecule has 0 spiro atoms. The van der Waals surface area contributed by atoms with Crippen LogP contribution < -0.4 is 21.5 Å². The van der Waals surface area contributed by atoms with Gasteiger partial charge in [-0.2, -0.15) is 5.10 Å². The summed E-state index contributed by atoms with van der Waals surface area (Å²) in [4.78, 5) is 32.5. The van der Waals surface area contributed by atoms with Crippen molar-refractivity contribution >= 4 is 28.5 Å².